The SMILES string of the molecule is [2H]c1cc([N+](=O)[O-])ccc1N=[N+]=[N-]. The number of hydrogen-bond donors (Lipinski definition) is 0. The molecule has 0 atom stereocenters. The second kappa shape index (κ2) is 3.36. The number of rotatable bonds is 2. The lowest BCUT2D eigenvalue weighted by Gasteiger charge is -1.90. The van der Waals surface area contributed by atoms with Crippen LogP contribution in [0.4, 0.5) is 11.4 Å². The van der Waals surface area contributed by atoms with E-state index in [-0.39, 0.29) is 17.4 Å². The van der Waals surface area contributed by atoms with Crippen molar-refractivity contribution in [2.45, 2.75) is 0 Å². The normalized spacial score (nSPS) is 9.83. The third-order valence-electron chi connectivity index (χ3n) is 1.14. The van der Waals surface area contributed by atoms with E-state index >= 15 is 0 Å². The maximum atomic E-state index is 10.2. The van der Waals surface area contributed by atoms with Crippen LogP contribution in [-0.4, -0.2) is 4.92 Å². The van der Waals surface area contributed by atoms with Crippen LogP contribution in [0, 0.1) is 10.1 Å². The summed E-state index contributed by atoms with van der Waals surface area (Å²) in [6.45, 7) is 0. The molecule has 1 aromatic rings. The fraction of sp³-hybridized carbons (Fsp3) is 0. The highest BCUT2D eigenvalue weighted by Crippen LogP contribution is 2.17. The molecule has 0 aromatic heterocycles. The van der Waals surface area contributed by atoms with Crippen molar-refractivity contribution in [3.63, 3.8) is 0 Å². The quantitative estimate of drug-likeness (QED) is 0.221. The highest BCUT2D eigenvalue weighted by atomic mass is 16.6. The van der Waals surface area contributed by atoms with Crippen LogP contribution in [0.1, 0.15) is 1.37 Å². The third kappa shape index (κ3) is 1.71. The first-order chi connectivity index (χ1) is 6.15. The molecule has 0 saturated carbocycles. The Bertz CT molecular complexity index is 400. The van der Waals surface area contributed by atoms with Gasteiger partial charge in [-0.15, -0.1) is 0 Å². The summed E-state index contributed by atoms with van der Waals surface area (Å²) in [5, 5.41) is 13.4. The average molecular weight is 165 g/mol. The summed E-state index contributed by atoms with van der Waals surface area (Å²) in [6.07, 6.45) is 0. The molecule has 6 heteroatoms. The zero-order valence-corrected chi connectivity index (χ0v) is 5.84. The Labute approximate surface area is 68.6 Å². The van der Waals surface area contributed by atoms with Gasteiger partial charge in [-0.2, -0.15) is 0 Å². The summed E-state index contributed by atoms with van der Waals surface area (Å²) in [4.78, 5) is 12.1. The number of benzene rings is 1. The molecule has 0 aliphatic rings. The number of hydrogen-bond acceptors (Lipinski definition) is 3. The van der Waals surface area contributed by atoms with Crippen molar-refractivity contribution < 1.29 is 6.29 Å². The third-order valence-corrected chi connectivity index (χ3v) is 1.14. The van der Waals surface area contributed by atoms with Crippen molar-refractivity contribution in [2.24, 2.45) is 5.11 Å². The highest BCUT2D eigenvalue weighted by Gasteiger charge is 2.01. The highest BCUT2D eigenvalue weighted by molar-refractivity contribution is 5.43. The van der Waals surface area contributed by atoms with Crippen LogP contribution in [0.3, 0.4) is 0 Å². The van der Waals surface area contributed by atoms with E-state index in [4.69, 9.17) is 6.90 Å². The van der Waals surface area contributed by atoms with Gasteiger partial charge < -0.3 is 0 Å². The first-order valence-corrected chi connectivity index (χ1v) is 2.95. The molecule has 0 radical (unpaired) electrons. The minimum Gasteiger partial charge on any atom is -0.258 e. The van der Waals surface area contributed by atoms with Gasteiger partial charge in [-0.3, -0.25) is 10.1 Å². The number of azide groups is 1. The lowest BCUT2D eigenvalue weighted by atomic mass is 10.3. The van der Waals surface area contributed by atoms with Gasteiger partial charge >= 0.3 is 0 Å². The molecule has 1 aromatic carbocycles. The number of non-ortho nitro benzene ring substituents is 1. The molecular weight excluding hydrogens is 160 g/mol. The van der Waals surface area contributed by atoms with Gasteiger partial charge in [0.25, 0.3) is 5.69 Å². The zero-order chi connectivity index (χ0) is 9.84. The molecule has 12 heavy (non-hydrogen) atoms. The number of nitrogens with zero attached hydrogens (tertiary/aromatic N) is 4. The molecule has 0 fully saturated rings. The van der Waals surface area contributed by atoms with E-state index in [2.05, 4.69) is 10.0 Å². The Morgan fingerprint density at radius 2 is 2.42 bits per heavy atom. The van der Waals surface area contributed by atoms with Crippen molar-refractivity contribution in [3.8, 4) is 0 Å². The van der Waals surface area contributed by atoms with Crippen LogP contribution in [0.15, 0.2) is 29.4 Å². The summed E-state index contributed by atoms with van der Waals surface area (Å²) < 4.78 is 7.24. The summed E-state index contributed by atoms with van der Waals surface area (Å²) in [5.41, 5.74) is 7.95. The van der Waals surface area contributed by atoms with Crippen molar-refractivity contribution >= 4 is 11.4 Å². The van der Waals surface area contributed by atoms with Crippen molar-refractivity contribution in [3.05, 3.63) is 44.8 Å². The van der Waals surface area contributed by atoms with E-state index in [1.807, 2.05) is 0 Å². The van der Waals surface area contributed by atoms with Crippen molar-refractivity contribution in [1.82, 2.24) is 0 Å². The predicted molar refractivity (Wildman–Crippen MR) is 41.9 cm³/mol. The van der Waals surface area contributed by atoms with Gasteiger partial charge in [0.15, 0.2) is 0 Å². The molecule has 0 saturated heterocycles. The van der Waals surface area contributed by atoms with Crippen LogP contribution in [0.5, 0.6) is 0 Å². The maximum absolute atomic E-state index is 10.2. The largest absolute Gasteiger partial charge is 0.269 e. The van der Waals surface area contributed by atoms with Crippen molar-refractivity contribution in [2.75, 3.05) is 0 Å². The second-order valence-electron chi connectivity index (χ2n) is 1.88. The molecule has 0 spiro atoms. The Kier molecular flexibility index (Phi) is 1.86. The average Bonchev–Trinajstić information content (AvgIpc) is 2.08. The molecular formula is C6H4N4O2. The molecule has 0 unspecified atom stereocenters. The molecule has 0 bridgehead atoms. The molecule has 0 heterocycles. The minimum absolute atomic E-state index is 0.0769. The topological polar surface area (TPSA) is 91.9 Å². The number of nitro groups is 1. The predicted octanol–water partition coefficient (Wildman–Crippen LogP) is 2.54. The van der Waals surface area contributed by atoms with Gasteiger partial charge in [-0.1, -0.05) is 5.11 Å². The smallest absolute Gasteiger partial charge is 0.258 e. The molecule has 0 amide bonds. The second-order valence-corrected chi connectivity index (χ2v) is 1.88. The Morgan fingerprint density at radius 1 is 1.67 bits per heavy atom. The van der Waals surface area contributed by atoms with Gasteiger partial charge in [0, 0.05) is 22.7 Å². The van der Waals surface area contributed by atoms with E-state index in [0.29, 0.717) is 0 Å². The van der Waals surface area contributed by atoms with Crippen LogP contribution in [0.25, 0.3) is 10.4 Å². The van der Waals surface area contributed by atoms with Crippen LogP contribution in [-0.2, 0) is 0 Å². The summed E-state index contributed by atoms with van der Waals surface area (Å²) in [5.74, 6) is 0. The molecule has 0 aliphatic heterocycles. The summed E-state index contributed by atoms with van der Waals surface area (Å²) in [6, 6.07) is 3.29. The van der Waals surface area contributed by atoms with E-state index in [1.165, 1.54) is 12.1 Å². The summed E-state index contributed by atoms with van der Waals surface area (Å²) >= 11 is 0. The van der Waals surface area contributed by atoms with Crippen LogP contribution >= 0.6 is 0 Å². The van der Waals surface area contributed by atoms with Gasteiger partial charge in [0.2, 0.25) is 0 Å². The van der Waals surface area contributed by atoms with Crippen LogP contribution in [0.2, 0.25) is 0 Å². The monoisotopic (exact) mass is 165 g/mol. The molecule has 0 aliphatic carbocycles. The van der Waals surface area contributed by atoms with Crippen molar-refractivity contribution in [1.29, 1.82) is 0 Å². The fourth-order valence-corrected chi connectivity index (χ4v) is 0.632. The van der Waals surface area contributed by atoms with Crippen LogP contribution < -0.4 is 0 Å². The Morgan fingerprint density at radius 3 is 2.92 bits per heavy atom. The molecule has 60 valence electrons. The van der Waals surface area contributed by atoms with E-state index in [0.717, 1.165) is 6.07 Å². The zero-order valence-electron chi connectivity index (χ0n) is 6.84. The van der Waals surface area contributed by atoms with Gasteiger partial charge in [-0.25, -0.2) is 0 Å². The number of nitro benzene ring substituents is 1. The lowest BCUT2D eigenvalue weighted by molar-refractivity contribution is -0.384. The fourth-order valence-electron chi connectivity index (χ4n) is 0.632. The molecule has 6 nitrogen and oxygen atoms in total. The molecule has 1 rings (SSSR count). The Hall–Kier alpha value is -2.07. The minimum atomic E-state index is -0.613. The van der Waals surface area contributed by atoms with E-state index in [1.54, 1.807) is 0 Å². The maximum Gasteiger partial charge on any atom is 0.269 e. The van der Waals surface area contributed by atoms with Gasteiger partial charge in [0.05, 0.1) is 6.29 Å². The van der Waals surface area contributed by atoms with Gasteiger partial charge in [0.1, 0.15) is 0 Å². The first kappa shape index (κ1) is 6.63. The molecule has 0 N–H and O–H groups in total. The van der Waals surface area contributed by atoms with Gasteiger partial charge in [-0.05, 0) is 17.6 Å². The van der Waals surface area contributed by atoms with E-state index < -0.39 is 4.92 Å². The standard InChI is InChI=1S/C6H4N4O2/c7-9-8-5-1-3-6(4-2-5)10(11)12/h1-4H/i1D. The summed E-state index contributed by atoms with van der Waals surface area (Å²) in [7, 11) is 0. The van der Waals surface area contributed by atoms with E-state index in [9.17, 15) is 10.1 Å². The first-order valence-electron chi connectivity index (χ1n) is 3.45. The Balaban J connectivity index is 3.19. The lowest BCUT2D eigenvalue weighted by Crippen LogP contribution is -1.85.